The van der Waals surface area contributed by atoms with Gasteiger partial charge >= 0.3 is 6.18 Å². The number of fused-ring (bicyclic) bond motifs is 1. The molecule has 0 unspecified atom stereocenters. The summed E-state index contributed by atoms with van der Waals surface area (Å²) in [5.41, 5.74) is 0.474. The quantitative estimate of drug-likeness (QED) is 0.669. The molecule has 0 spiro atoms. The van der Waals surface area contributed by atoms with Crippen LogP contribution in [0.2, 0.25) is 0 Å². The Morgan fingerprint density at radius 1 is 1.26 bits per heavy atom. The zero-order valence-corrected chi connectivity index (χ0v) is 16.9. The molecule has 164 valence electrons. The van der Waals surface area contributed by atoms with Gasteiger partial charge in [0.25, 0.3) is 0 Å². The predicted octanol–water partition coefficient (Wildman–Crippen LogP) is 3.29. The van der Waals surface area contributed by atoms with Crippen LogP contribution in [0.3, 0.4) is 0 Å². The van der Waals surface area contributed by atoms with E-state index in [1.54, 1.807) is 7.11 Å². The second kappa shape index (κ2) is 8.44. The molecule has 3 aromatic rings. The molecular weight excluding hydrogens is 411 g/mol. The van der Waals surface area contributed by atoms with E-state index in [0.29, 0.717) is 43.4 Å². The number of rotatable bonds is 5. The number of nitrogens with zero attached hydrogens (tertiary/aromatic N) is 4. The SMILES string of the molecule is COc1cccc(CNC(=O)[C@@H]2CCCN(c3nnc4ccc(C(F)(F)F)cn34)C2)c1. The van der Waals surface area contributed by atoms with Crippen LogP contribution in [0.25, 0.3) is 5.65 Å². The number of anilines is 1. The second-order valence-electron chi connectivity index (χ2n) is 7.50. The summed E-state index contributed by atoms with van der Waals surface area (Å²) in [5.74, 6) is 0.633. The first-order valence-electron chi connectivity index (χ1n) is 9.93. The summed E-state index contributed by atoms with van der Waals surface area (Å²) >= 11 is 0. The minimum atomic E-state index is -4.46. The van der Waals surface area contributed by atoms with Crippen LogP contribution in [0.5, 0.6) is 5.75 Å². The fraction of sp³-hybridized carbons (Fsp3) is 0.381. The maximum absolute atomic E-state index is 13.1. The number of halogens is 3. The Morgan fingerprint density at radius 3 is 2.87 bits per heavy atom. The van der Waals surface area contributed by atoms with Crippen LogP contribution in [0.15, 0.2) is 42.6 Å². The van der Waals surface area contributed by atoms with Crippen molar-refractivity contribution < 1.29 is 22.7 Å². The highest BCUT2D eigenvalue weighted by molar-refractivity contribution is 5.79. The zero-order chi connectivity index (χ0) is 22.0. The molecule has 1 aliphatic heterocycles. The van der Waals surface area contributed by atoms with Crippen molar-refractivity contribution in [3.63, 3.8) is 0 Å². The first-order chi connectivity index (χ1) is 14.8. The molecule has 7 nitrogen and oxygen atoms in total. The molecule has 2 aromatic heterocycles. The van der Waals surface area contributed by atoms with Gasteiger partial charge < -0.3 is 15.0 Å². The maximum Gasteiger partial charge on any atom is 0.417 e. The third-order valence-corrected chi connectivity index (χ3v) is 5.39. The van der Waals surface area contributed by atoms with Crippen LogP contribution in [0.1, 0.15) is 24.0 Å². The lowest BCUT2D eigenvalue weighted by Crippen LogP contribution is -2.43. The number of benzene rings is 1. The number of carbonyl (C=O) groups excluding carboxylic acids is 1. The summed E-state index contributed by atoms with van der Waals surface area (Å²) in [6, 6.07) is 9.72. The molecule has 1 fully saturated rings. The molecular formula is C21H22F3N5O2. The van der Waals surface area contributed by atoms with Crippen LogP contribution in [0, 0.1) is 5.92 Å². The summed E-state index contributed by atoms with van der Waals surface area (Å²) in [6.45, 7) is 1.33. The third kappa shape index (κ3) is 4.57. The van der Waals surface area contributed by atoms with Gasteiger partial charge in [0.2, 0.25) is 11.9 Å². The number of amides is 1. The van der Waals surface area contributed by atoms with E-state index in [1.807, 2.05) is 29.2 Å². The molecule has 1 saturated heterocycles. The zero-order valence-electron chi connectivity index (χ0n) is 16.9. The van der Waals surface area contributed by atoms with Gasteiger partial charge in [0, 0.05) is 25.8 Å². The number of alkyl halides is 3. The van der Waals surface area contributed by atoms with E-state index >= 15 is 0 Å². The number of pyridine rings is 1. The first-order valence-corrected chi connectivity index (χ1v) is 9.93. The van der Waals surface area contributed by atoms with Crippen molar-refractivity contribution in [3.05, 3.63) is 53.7 Å². The molecule has 3 heterocycles. The summed E-state index contributed by atoms with van der Waals surface area (Å²) in [4.78, 5) is 14.5. The van der Waals surface area contributed by atoms with Gasteiger partial charge in [-0.1, -0.05) is 12.1 Å². The van der Waals surface area contributed by atoms with E-state index in [9.17, 15) is 18.0 Å². The Kier molecular flexibility index (Phi) is 5.71. The van der Waals surface area contributed by atoms with Gasteiger partial charge in [0.05, 0.1) is 18.6 Å². The summed E-state index contributed by atoms with van der Waals surface area (Å²) < 4.78 is 45.8. The highest BCUT2D eigenvalue weighted by atomic mass is 19.4. The molecule has 1 aromatic carbocycles. The van der Waals surface area contributed by atoms with Gasteiger partial charge in [-0.05, 0) is 42.7 Å². The van der Waals surface area contributed by atoms with E-state index in [0.717, 1.165) is 24.2 Å². The molecule has 4 rings (SSSR count). The fourth-order valence-electron chi connectivity index (χ4n) is 3.75. The fourth-order valence-corrected chi connectivity index (χ4v) is 3.75. The Bertz CT molecular complexity index is 1080. The Morgan fingerprint density at radius 2 is 2.10 bits per heavy atom. The van der Waals surface area contributed by atoms with Gasteiger partial charge in [-0.3, -0.25) is 9.20 Å². The minimum Gasteiger partial charge on any atom is -0.497 e. The highest BCUT2D eigenvalue weighted by Crippen LogP contribution is 2.30. The number of aromatic nitrogens is 3. The lowest BCUT2D eigenvalue weighted by molar-refractivity contribution is -0.137. The topological polar surface area (TPSA) is 71.8 Å². The van der Waals surface area contributed by atoms with Gasteiger partial charge in [-0.2, -0.15) is 13.2 Å². The average molecular weight is 433 g/mol. The lowest BCUT2D eigenvalue weighted by Gasteiger charge is -2.32. The number of nitrogens with one attached hydrogen (secondary N) is 1. The predicted molar refractivity (Wildman–Crippen MR) is 108 cm³/mol. The smallest absolute Gasteiger partial charge is 0.417 e. The molecule has 1 aliphatic rings. The van der Waals surface area contributed by atoms with E-state index in [1.165, 1.54) is 10.5 Å². The largest absolute Gasteiger partial charge is 0.497 e. The lowest BCUT2D eigenvalue weighted by atomic mass is 9.97. The van der Waals surface area contributed by atoms with Crippen molar-refractivity contribution in [1.29, 1.82) is 0 Å². The standard InChI is InChI=1S/C21H22F3N5O2/c1-31-17-6-2-4-14(10-17)11-25-19(30)15-5-3-9-28(12-15)20-27-26-18-8-7-16(13-29(18)20)21(22,23)24/h2,4,6-8,10,13,15H,3,5,9,11-12H2,1H3,(H,25,30)/t15-/m1/s1. The van der Waals surface area contributed by atoms with Crippen LogP contribution in [-0.2, 0) is 17.5 Å². The number of piperidine rings is 1. The normalized spacial score (nSPS) is 17.0. The van der Waals surface area contributed by atoms with E-state index in [2.05, 4.69) is 15.5 Å². The van der Waals surface area contributed by atoms with Crippen molar-refractivity contribution in [3.8, 4) is 5.75 Å². The summed E-state index contributed by atoms with van der Waals surface area (Å²) in [7, 11) is 1.58. The molecule has 1 amide bonds. The molecule has 0 aliphatic carbocycles. The monoisotopic (exact) mass is 433 g/mol. The number of methoxy groups -OCH3 is 1. The summed E-state index contributed by atoms with van der Waals surface area (Å²) in [5, 5.41) is 11.0. The molecule has 0 bridgehead atoms. The molecule has 0 saturated carbocycles. The van der Waals surface area contributed by atoms with E-state index in [4.69, 9.17) is 4.74 Å². The average Bonchev–Trinajstić information content (AvgIpc) is 3.20. The van der Waals surface area contributed by atoms with Crippen molar-refractivity contribution in [2.24, 2.45) is 5.92 Å². The highest BCUT2D eigenvalue weighted by Gasteiger charge is 2.32. The Hall–Kier alpha value is -3.30. The number of carbonyl (C=O) groups is 1. The number of ether oxygens (including phenoxy) is 1. The number of hydrogen-bond donors (Lipinski definition) is 1. The van der Waals surface area contributed by atoms with Gasteiger partial charge in [0.1, 0.15) is 5.75 Å². The van der Waals surface area contributed by atoms with E-state index in [-0.39, 0.29) is 11.8 Å². The minimum absolute atomic E-state index is 0.0997. The molecule has 0 radical (unpaired) electrons. The summed E-state index contributed by atoms with van der Waals surface area (Å²) in [6.07, 6.45) is -2.03. The molecule has 1 atom stereocenters. The Labute approximate surface area is 176 Å². The Balaban J connectivity index is 1.46. The van der Waals surface area contributed by atoms with Crippen LogP contribution in [0.4, 0.5) is 19.1 Å². The van der Waals surface area contributed by atoms with Gasteiger partial charge in [0.15, 0.2) is 5.65 Å². The molecule has 1 N–H and O–H groups in total. The maximum atomic E-state index is 13.1. The third-order valence-electron chi connectivity index (χ3n) is 5.39. The first kappa shape index (κ1) is 21.0. The van der Waals surface area contributed by atoms with Crippen LogP contribution in [-0.4, -0.2) is 40.7 Å². The van der Waals surface area contributed by atoms with Crippen molar-refractivity contribution in [2.75, 3.05) is 25.1 Å². The molecule has 10 heteroatoms. The van der Waals surface area contributed by atoms with Crippen LogP contribution < -0.4 is 15.0 Å². The van der Waals surface area contributed by atoms with Crippen molar-refractivity contribution >= 4 is 17.5 Å². The number of hydrogen-bond acceptors (Lipinski definition) is 5. The molecule has 31 heavy (non-hydrogen) atoms. The van der Waals surface area contributed by atoms with Crippen LogP contribution >= 0.6 is 0 Å². The second-order valence-corrected chi connectivity index (χ2v) is 7.50. The van der Waals surface area contributed by atoms with Gasteiger partial charge in [-0.25, -0.2) is 0 Å². The van der Waals surface area contributed by atoms with Crippen molar-refractivity contribution in [2.45, 2.75) is 25.6 Å². The van der Waals surface area contributed by atoms with Crippen molar-refractivity contribution in [1.82, 2.24) is 19.9 Å². The van der Waals surface area contributed by atoms with E-state index < -0.39 is 11.7 Å². The van der Waals surface area contributed by atoms with Gasteiger partial charge in [-0.15, -0.1) is 10.2 Å².